The van der Waals surface area contributed by atoms with Gasteiger partial charge in [-0.25, -0.2) is 4.68 Å². The molecule has 5 nitrogen and oxygen atoms in total. The first kappa shape index (κ1) is 13.0. The predicted molar refractivity (Wildman–Crippen MR) is 72.3 cm³/mol. The van der Waals surface area contributed by atoms with Crippen molar-refractivity contribution in [2.24, 2.45) is 12.8 Å². The van der Waals surface area contributed by atoms with Crippen LogP contribution in [0.2, 0.25) is 0 Å². The molecule has 0 aliphatic rings. The SMILES string of the molecule is COc1ccc(CC(N)c2c(Br)nnn2C)cc1. The Morgan fingerprint density at radius 1 is 1.39 bits per heavy atom. The molecule has 0 amide bonds. The molecule has 0 saturated carbocycles. The lowest BCUT2D eigenvalue weighted by Gasteiger charge is -2.12. The van der Waals surface area contributed by atoms with E-state index in [1.807, 2.05) is 31.3 Å². The number of ether oxygens (including phenoxy) is 1. The van der Waals surface area contributed by atoms with E-state index in [2.05, 4.69) is 26.2 Å². The highest BCUT2D eigenvalue weighted by molar-refractivity contribution is 9.10. The van der Waals surface area contributed by atoms with Gasteiger partial charge in [0.25, 0.3) is 0 Å². The number of benzene rings is 1. The van der Waals surface area contributed by atoms with E-state index in [4.69, 9.17) is 10.5 Å². The largest absolute Gasteiger partial charge is 0.497 e. The van der Waals surface area contributed by atoms with Gasteiger partial charge in [0.2, 0.25) is 0 Å². The van der Waals surface area contributed by atoms with Gasteiger partial charge in [-0.3, -0.25) is 0 Å². The number of aryl methyl sites for hydroxylation is 1. The monoisotopic (exact) mass is 310 g/mol. The van der Waals surface area contributed by atoms with Gasteiger partial charge in [-0.1, -0.05) is 17.3 Å². The third-order valence-electron chi connectivity index (χ3n) is 2.79. The highest BCUT2D eigenvalue weighted by Gasteiger charge is 2.16. The molecular weight excluding hydrogens is 296 g/mol. The first-order chi connectivity index (χ1) is 8.61. The van der Waals surface area contributed by atoms with E-state index in [-0.39, 0.29) is 6.04 Å². The molecule has 0 radical (unpaired) electrons. The fourth-order valence-electron chi connectivity index (χ4n) is 1.84. The standard InChI is InChI=1S/C12H15BrN4O/c1-17-11(12(13)15-16-17)10(14)7-8-3-5-9(18-2)6-4-8/h3-6,10H,7,14H2,1-2H3. The molecule has 0 bridgehead atoms. The van der Waals surface area contributed by atoms with Crippen molar-refractivity contribution in [3.63, 3.8) is 0 Å². The highest BCUT2D eigenvalue weighted by atomic mass is 79.9. The zero-order valence-corrected chi connectivity index (χ0v) is 11.9. The van der Waals surface area contributed by atoms with Crippen molar-refractivity contribution in [3.05, 3.63) is 40.1 Å². The van der Waals surface area contributed by atoms with E-state index >= 15 is 0 Å². The summed E-state index contributed by atoms with van der Waals surface area (Å²) < 4.78 is 7.51. The Bertz CT molecular complexity index is 504. The number of methoxy groups -OCH3 is 1. The lowest BCUT2D eigenvalue weighted by Crippen LogP contribution is -2.17. The van der Waals surface area contributed by atoms with Crippen molar-refractivity contribution in [3.8, 4) is 5.75 Å². The van der Waals surface area contributed by atoms with Crippen molar-refractivity contribution >= 4 is 15.9 Å². The summed E-state index contributed by atoms with van der Waals surface area (Å²) in [5.74, 6) is 0.843. The molecule has 6 heteroatoms. The van der Waals surface area contributed by atoms with Crippen molar-refractivity contribution in [1.82, 2.24) is 15.0 Å². The third kappa shape index (κ3) is 2.70. The van der Waals surface area contributed by atoms with E-state index in [0.29, 0.717) is 4.60 Å². The second kappa shape index (κ2) is 5.49. The maximum absolute atomic E-state index is 6.18. The summed E-state index contributed by atoms with van der Waals surface area (Å²) in [4.78, 5) is 0. The van der Waals surface area contributed by atoms with E-state index in [9.17, 15) is 0 Å². The number of aromatic nitrogens is 3. The van der Waals surface area contributed by atoms with Gasteiger partial charge in [-0.15, -0.1) is 5.10 Å². The fourth-order valence-corrected chi connectivity index (χ4v) is 2.47. The number of rotatable bonds is 4. The summed E-state index contributed by atoms with van der Waals surface area (Å²) >= 11 is 3.36. The Hall–Kier alpha value is -1.40. The van der Waals surface area contributed by atoms with E-state index in [0.717, 1.165) is 23.4 Å². The van der Waals surface area contributed by atoms with Gasteiger partial charge in [0.15, 0.2) is 4.60 Å². The second-order valence-corrected chi connectivity index (χ2v) is 4.80. The minimum atomic E-state index is -0.146. The molecule has 0 spiro atoms. The maximum Gasteiger partial charge on any atom is 0.153 e. The van der Waals surface area contributed by atoms with Gasteiger partial charge < -0.3 is 10.5 Å². The molecule has 1 unspecified atom stereocenters. The first-order valence-electron chi connectivity index (χ1n) is 5.55. The van der Waals surface area contributed by atoms with Crippen LogP contribution in [-0.4, -0.2) is 22.1 Å². The predicted octanol–water partition coefficient (Wildman–Crippen LogP) is 1.83. The van der Waals surface area contributed by atoms with Crippen molar-refractivity contribution in [2.75, 3.05) is 7.11 Å². The van der Waals surface area contributed by atoms with E-state index in [1.165, 1.54) is 0 Å². The maximum atomic E-state index is 6.18. The molecular formula is C12H15BrN4O. The van der Waals surface area contributed by atoms with Crippen LogP contribution < -0.4 is 10.5 Å². The quantitative estimate of drug-likeness (QED) is 0.935. The van der Waals surface area contributed by atoms with Gasteiger partial charge >= 0.3 is 0 Å². The fraction of sp³-hybridized carbons (Fsp3) is 0.333. The number of hydrogen-bond acceptors (Lipinski definition) is 4. The van der Waals surface area contributed by atoms with Gasteiger partial charge in [-0.05, 0) is 40.0 Å². The molecule has 1 heterocycles. The van der Waals surface area contributed by atoms with Crippen LogP contribution in [-0.2, 0) is 13.5 Å². The van der Waals surface area contributed by atoms with Crippen molar-refractivity contribution in [1.29, 1.82) is 0 Å². The average molecular weight is 311 g/mol. The van der Waals surface area contributed by atoms with Gasteiger partial charge in [0.1, 0.15) is 5.75 Å². The summed E-state index contributed by atoms with van der Waals surface area (Å²) in [7, 11) is 3.49. The van der Waals surface area contributed by atoms with Crippen LogP contribution in [0.25, 0.3) is 0 Å². The Morgan fingerprint density at radius 3 is 2.56 bits per heavy atom. The van der Waals surface area contributed by atoms with Gasteiger partial charge in [0.05, 0.1) is 18.8 Å². The molecule has 18 heavy (non-hydrogen) atoms. The summed E-state index contributed by atoms with van der Waals surface area (Å²) in [5, 5.41) is 7.86. The summed E-state index contributed by atoms with van der Waals surface area (Å²) in [6, 6.07) is 7.73. The van der Waals surface area contributed by atoms with Crippen LogP contribution >= 0.6 is 15.9 Å². The minimum absolute atomic E-state index is 0.146. The average Bonchev–Trinajstić information content (AvgIpc) is 2.70. The van der Waals surface area contributed by atoms with Crippen molar-refractivity contribution in [2.45, 2.75) is 12.5 Å². The summed E-state index contributed by atoms with van der Waals surface area (Å²) in [6.45, 7) is 0. The Kier molecular flexibility index (Phi) is 3.98. The zero-order valence-electron chi connectivity index (χ0n) is 10.3. The van der Waals surface area contributed by atoms with Crippen LogP contribution in [0.5, 0.6) is 5.75 Å². The molecule has 2 N–H and O–H groups in total. The van der Waals surface area contributed by atoms with Crippen LogP contribution in [0.1, 0.15) is 17.3 Å². The minimum Gasteiger partial charge on any atom is -0.497 e. The number of halogens is 1. The molecule has 1 aromatic carbocycles. The van der Waals surface area contributed by atoms with Crippen LogP contribution in [0, 0.1) is 0 Å². The number of hydrogen-bond donors (Lipinski definition) is 1. The Balaban J connectivity index is 2.13. The Labute approximate surface area is 114 Å². The molecule has 0 saturated heterocycles. The lowest BCUT2D eigenvalue weighted by molar-refractivity contribution is 0.414. The van der Waals surface area contributed by atoms with Gasteiger partial charge in [0, 0.05) is 7.05 Å². The van der Waals surface area contributed by atoms with Gasteiger partial charge in [-0.2, -0.15) is 0 Å². The van der Waals surface area contributed by atoms with Crippen LogP contribution in [0.15, 0.2) is 28.9 Å². The molecule has 1 aromatic heterocycles. The topological polar surface area (TPSA) is 66.0 Å². The van der Waals surface area contributed by atoms with E-state index in [1.54, 1.807) is 11.8 Å². The molecule has 1 atom stereocenters. The lowest BCUT2D eigenvalue weighted by atomic mass is 10.0. The van der Waals surface area contributed by atoms with Crippen molar-refractivity contribution < 1.29 is 4.74 Å². The van der Waals surface area contributed by atoms with Crippen LogP contribution in [0.3, 0.4) is 0 Å². The zero-order chi connectivity index (χ0) is 13.1. The molecule has 0 fully saturated rings. The third-order valence-corrected chi connectivity index (χ3v) is 3.36. The molecule has 0 aliphatic carbocycles. The second-order valence-electron chi connectivity index (χ2n) is 4.05. The number of nitrogens with zero attached hydrogens (tertiary/aromatic N) is 3. The first-order valence-corrected chi connectivity index (χ1v) is 6.34. The molecule has 2 rings (SSSR count). The molecule has 2 aromatic rings. The Morgan fingerprint density at radius 2 is 2.06 bits per heavy atom. The summed E-state index contributed by atoms with van der Waals surface area (Å²) in [6.07, 6.45) is 0.726. The molecule has 96 valence electrons. The normalized spacial score (nSPS) is 12.4. The molecule has 0 aliphatic heterocycles. The van der Waals surface area contributed by atoms with Crippen LogP contribution in [0.4, 0.5) is 0 Å². The smallest absolute Gasteiger partial charge is 0.153 e. The number of nitrogens with two attached hydrogens (primary N) is 1. The van der Waals surface area contributed by atoms with E-state index < -0.39 is 0 Å². The summed E-state index contributed by atoms with van der Waals surface area (Å²) in [5.41, 5.74) is 8.23. The highest BCUT2D eigenvalue weighted by Crippen LogP contribution is 2.22.